The van der Waals surface area contributed by atoms with Crippen LogP contribution in [0.3, 0.4) is 0 Å². The third-order valence-electron chi connectivity index (χ3n) is 3.43. The van der Waals surface area contributed by atoms with Gasteiger partial charge in [-0.2, -0.15) is 0 Å². The Morgan fingerprint density at radius 3 is 2.12 bits per heavy atom. The fraction of sp³-hybridized carbons (Fsp3) is 0.267. The van der Waals surface area contributed by atoms with E-state index in [4.69, 9.17) is 0 Å². The molecule has 0 unspecified atom stereocenters. The Bertz CT molecular complexity index is 562. The van der Waals surface area contributed by atoms with Crippen LogP contribution in [-0.4, -0.2) is 10.9 Å². The van der Waals surface area contributed by atoms with Crippen molar-refractivity contribution in [2.75, 3.05) is 0 Å². The smallest absolute Gasteiger partial charge is 0.152 e. The molecule has 0 aliphatic carbocycles. The quantitative estimate of drug-likeness (QED) is 0.720. The van der Waals surface area contributed by atoms with Gasteiger partial charge in [0.25, 0.3) is 0 Å². The number of aldehydes is 1. The normalized spacial score (nSPS) is 10.6. The van der Waals surface area contributed by atoms with Crippen LogP contribution in [0.2, 0.25) is 0 Å². The molecule has 1 aromatic heterocycles. The van der Waals surface area contributed by atoms with Crippen molar-refractivity contribution in [2.24, 2.45) is 7.05 Å². The Labute approximate surface area is 102 Å². The summed E-state index contributed by atoms with van der Waals surface area (Å²) in [6, 6.07) is 8.40. The lowest BCUT2D eigenvalue weighted by molar-refractivity contribution is 0.112. The first-order chi connectivity index (χ1) is 8.06. The summed E-state index contributed by atoms with van der Waals surface area (Å²) in [6.45, 7) is 6.06. The highest BCUT2D eigenvalue weighted by atomic mass is 16.1. The standard InChI is InChI=1S/C15H17NO/c1-10-5-7-13(8-6-10)15-11(2)14(9-17)12(3)16(15)4/h5-9H,1-4H3. The molecule has 0 bridgehead atoms. The molecule has 2 rings (SSSR count). The predicted molar refractivity (Wildman–Crippen MR) is 70.4 cm³/mol. The number of rotatable bonds is 2. The minimum atomic E-state index is 0.808. The maximum Gasteiger partial charge on any atom is 0.152 e. The van der Waals surface area contributed by atoms with Gasteiger partial charge in [-0.3, -0.25) is 4.79 Å². The van der Waals surface area contributed by atoms with Crippen molar-refractivity contribution in [3.63, 3.8) is 0 Å². The van der Waals surface area contributed by atoms with Crippen molar-refractivity contribution < 1.29 is 4.79 Å². The second-order valence-electron chi connectivity index (χ2n) is 4.52. The molecular weight excluding hydrogens is 210 g/mol. The lowest BCUT2D eigenvalue weighted by atomic mass is 10.0. The third-order valence-corrected chi connectivity index (χ3v) is 3.43. The van der Waals surface area contributed by atoms with Crippen molar-refractivity contribution in [3.8, 4) is 11.3 Å². The Morgan fingerprint density at radius 2 is 1.65 bits per heavy atom. The summed E-state index contributed by atoms with van der Waals surface area (Å²) >= 11 is 0. The summed E-state index contributed by atoms with van der Waals surface area (Å²) < 4.78 is 2.09. The molecule has 2 nitrogen and oxygen atoms in total. The van der Waals surface area contributed by atoms with Gasteiger partial charge in [0, 0.05) is 18.3 Å². The summed E-state index contributed by atoms with van der Waals surface area (Å²) in [5.41, 5.74) is 6.42. The Kier molecular flexibility index (Phi) is 2.88. The molecule has 2 aromatic rings. The van der Waals surface area contributed by atoms with Crippen molar-refractivity contribution in [1.82, 2.24) is 4.57 Å². The molecule has 0 saturated carbocycles. The number of aryl methyl sites for hydroxylation is 1. The molecule has 0 spiro atoms. The number of carbonyl (C=O) groups is 1. The van der Waals surface area contributed by atoms with Gasteiger partial charge >= 0.3 is 0 Å². The maximum absolute atomic E-state index is 11.1. The van der Waals surface area contributed by atoms with Crippen LogP contribution in [0.15, 0.2) is 24.3 Å². The van der Waals surface area contributed by atoms with Gasteiger partial charge in [0.15, 0.2) is 6.29 Å². The van der Waals surface area contributed by atoms with Crippen LogP contribution < -0.4 is 0 Å². The van der Waals surface area contributed by atoms with Gasteiger partial charge in [0.1, 0.15) is 0 Å². The number of aromatic nitrogens is 1. The molecule has 0 aliphatic heterocycles. The maximum atomic E-state index is 11.1. The molecule has 2 heteroatoms. The summed E-state index contributed by atoms with van der Waals surface area (Å²) in [7, 11) is 2.00. The molecule has 0 atom stereocenters. The minimum Gasteiger partial charge on any atom is -0.347 e. The zero-order chi connectivity index (χ0) is 12.6. The topological polar surface area (TPSA) is 22.0 Å². The van der Waals surface area contributed by atoms with Crippen LogP contribution >= 0.6 is 0 Å². The van der Waals surface area contributed by atoms with Crippen LogP contribution in [0.1, 0.15) is 27.2 Å². The Balaban J connectivity index is 2.67. The average molecular weight is 227 g/mol. The molecule has 1 aromatic carbocycles. The van der Waals surface area contributed by atoms with Crippen LogP contribution in [0.4, 0.5) is 0 Å². The van der Waals surface area contributed by atoms with E-state index in [1.54, 1.807) is 0 Å². The first-order valence-corrected chi connectivity index (χ1v) is 5.74. The number of nitrogens with zero attached hydrogens (tertiary/aromatic N) is 1. The summed E-state index contributed by atoms with van der Waals surface area (Å²) in [4.78, 5) is 11.1. The summed E-state index contributed by atoms with van der Waals surface area (Å²) in [5, 5.41) is 0. The molecule has 17 heavy (non-hydrogen) atoms. The minimum absolute atomic E-state index is 0.808. The number of carbonyl (C=O) groups excluding carboxylic acids is 1. The van der Waals surface area contributed by atoms with E-state index < -0.39 is 0 Å². The van der Waals surface area contributed by atoms with Gasteiger partial charge in [-0.15, -0.1) is 0 Å². The molecule has 0 aliphatic rings. The monoisotopic (exact) mass is 227 g/mol. The summed E-state index contributed by atoms with van der Waals surface area (Å²) in [6.07, 6.45) is 0.947. The zero-order valence-corrected chi connectivity index (χ0v) is 10.7. The molecule has 1 heterocycles. The van der Waals surface area contributed by atoms with Crippen LogP contribution in [0, 0.1) is 20.8 Å². The van der Waals surface area contributed by atoms with Gasteiger partial charge in [0.2, 0.25) is 0 Å². The van der Waals surface area contributed by atoms with E-state index in [-0.39, 0.29) is 0 Å². The SMILES string of the molecule is Cc1ccc(-c2c(C)c(C=O)c(C)n2C)cc1. The molecule has 0 fully saturated rings. The number of hydrogen-bond acceptors (Lipinski definition) is 1. The third kappa shape index (κ3) is 1.80. The highest BCUT2D eigenvalue weighted by Gasteiger charge is 2.15. The fourth-order valence-corrected chi connectivity index (χ4v) is 2.29. The molecule has 0 saturated heterocycles. The second-order valence-corrected chi connectivity index (χ2v) is 4.52. The van der Waals surface area contributed by atoms with Gasteiger partial charge in [-0.25, -0.2) is 0 Å². The van der Waals surface area contributed by atoms with E-state index >= 15 is 0 Å². The Morgan fingerprint density at radius 1 is 1.06 bits per heavy atom. The summed E-state index contributed by atoms with van der Waals surface area (Å²) in [5.74, 6) is 0. The van der Waals surface area contributed by atoms with E-state index in [0.717, 1.165) is 34.4 Å². The van der Waals surface area contributed by atoms with Gasteiger partial charge in [-0.05, 0) is 31.9 Å². The molecular formula is C15H17NO. The number of hydrogen-bond donors (Lipinski definition) is 0. The van der Waals surface area contributed by atoms with Crippen LogP contribution in [0.5, 0.6) is 0 Å². The lowest BCUT2D eigenvalue weighted by Crippen LogP contribution is -1.95. The van der Waals surface area contributed by atoms with Crippen molar-refractivity contribution >= 4 is 6.29 Å². The van der Waals surface area contributed by atoms with Crippen LogP contribution in [0.25, 0.3) is 11.3 Å². The Hall–Kier alpha value is -1.83. The molecule has 0 N–H and O–H groups in total. The van der Waals surface area contributed by atoms with Crippen LogP contribution in [-0.2, 0) is 7.05 Å². The van der Waals surface area contributed by atoms with Gasteiger partial charge in [-0.1, -0.05) is 29.8 Å². The second kappa shape index (κ2) is 4.21. The van der Waals surface area contributed by atoms with E-state index in [1.807, 2.05) is 20.9 Å². The van der Waals surface area contributed by atoms with Gasteiger partial charge < -0.3 is 4.57 Å². The van der Waals surface area contributed by atoms with Gasteiger partial charge in [0.05, 0.1) is 5.69 Å². The fourth-order valence-electron chi connectivity index (χ4n) is 2.29. The van der Waals surface area contributed by atoms with E-state index in [2.05, 4.69) is 35.8 Å². The molecule has 88 valence electrons. The first kappa shape index (κ1) is 11.6. The zero-order valence-electron chi connectivity index (χ0n) is 10.7. The predicted octanol–water partition coefficient (Wildman–Crippen LogP) is 3.43. The van der Waals surface area contributed by atoms with Crippen molar-refractivity contribution in [3.05, 3.63) is 46.6 Å². The molecule has 0 radical (unpaired) electrons. The van der Waals surface area contributed by atoms with Crippen molar-refractivity contribution in [1.29, 1.82) is 0 Å². The average Bonchev–Trinajstić information content (AvgIpc) is 2.52. The van der Waals surface area contributed by atoms with E-state index in [0.29, 0.717) is 0 Å². The largest absolute Gasteiger partial charge is 0.347 e. The van der Waals surface area contributed by atoms with Crippen molar-refractivity contribution in [2.45, 2.75) is 20.8 Å². The highest BCUT2D eigenvalue weighted by Crippen LogP contribution is 2.29. The highest BCUT2D eigenvalue weighted by molar-refractivity contribution is 5.84. The molecule has 0 amide bonds. The van der Waals surface area contributed by atoms with E-state index in [1.165, 1.54) is 5.56 Å². The van der Waals surface area contributed by atoms with E-state index in [9.17, 15) is 4.79 Å². The number of benzene rings is 1. The lowest BCUT2D eigenvalue weighted by Gasteiger charge is -2.07. The first-order valence-electron chi connectivity index (χ1n) is 5.74.